The van der Waals surface area contributed by atoms with Crippen LogP contribution in [0, 0.1) is 0 Å². The summed E-state index contributed by atoms with van der Waals surface area (Å²) in [6.45, 7) is 4.84. The van der Waals surface area contributed by atoms with Gasteiger partial charge in [-0.2, -0.15) is 0 Å². The summed E-state index contributed by atoms with van der Waals surface area (Å²) < 4.78 is 5.43. The number of carbonyl (C=O) groups is 2. The van der Waals surface area contributed by atoms with Crippen LogP contribution >= 0.6 is 0 Å². The summed E-state index contributed by atoms with van der Waals surface area (Å²) >= 11 is 0. The fraction of sp³-hybridized carbons (Fsp3) is 0.920. The van der Waals surface area contributed by atoms with Crippen LogP contribution in [0.2, 0.25) is 0 Å². The maximum absolute atomic E-state index is 12.4. The van der Waals surface area contributed by atoms with Crippen molar-refractivity contribution in [2.24, 2.45) is 0 Å². The molecule has 0 aromatic rings. The normalized spacial score (nSPS) is 12.7. The van der Waals surface area contributed by atoms with Crippen molar-refractivity contribution in [3.8, 4) is 0 Å². The van der Waals surface area contributed by atoms with Crippen LogP contribution in [0.5, 0.6) is 0 Å². The molecule has 0 fully saturated rings. The van der Waals surface area contributed by atoms with Gasteiger partial charge in [-0.25, -0.2) is 0 Å². The number of allylic oxidation sites excluding steroid dienone is 1. The molecule has 0 aromatic heterocycles. The van der Waals surface area contributed by atoms with Crippen LogP contribution in [0.25, 0.3) is 0 Å². The molecule has 0 radical (unpaired) electrons. The average Bonchev–Trinajstić information content (AvgIpc) is 3.20. The highest BCUT2D eigenvalue weighted by Gasteiger charge is 2.18. The number of aliphatic hydroxyl groups is 2. The number of amides is 1. The minimum atomic E-state index is -0.860. The largest absolute Gasteiger partial charge is 0.466 e. The first-order valence-electron chi connectivity index (χ1n) is 25.0. The minimum Gasteiger partial charge on any atom is -0.466 e. The molecule has 0 saturated heterocycles. The van der Waals surface area contributed by atoms with Gasteiger partial charge in [-0.1, -0.05) is 238 Å². The molecule has 3 N–H and O–H groups in total. The highest BCUT2D eigenvalue weighted by atomic mass is 16.5. The van der Waals surface area contributed by atoms with Crippen molar-refractivity contribution in [1.82, 2.24) is 5.32 Å². The first kappa shape index (κ1) is 54.6. The van der Waals surface area contributed by atoms with Gasteiger partial charge in [-0.3, -0.25) is 9.59 Å². The van der Waals surface area contributed by atoms with Gasteiger partial charge in [0.1, 0.15) is 0 Å². The van der Waals surface area contributed by atoms with Gasteiger partial charge in [0, 0.05) is 12.8 Å². The van der Waals surface area contributed by atoms with Crippen LogP contribution in [0.3, 0.4) is 0 Å². The fourth-order valence-electron chi connectivity index (χ4n) is 7.69. The molecule has 0 aromatic carbocycles. The summed E-state index contributed by atoms with van der Waals surface area (Å²) in [5.74, 6) is -0.121. The Kier molecular flexibility index (Phi) is 45.1. The molecule has 2 atom stereocenters. The lowest BCUT2D eigenvalue weighted by molar-refractivity contribution is -0.143. The molecular formula is C50H97NO5. The Bertz CT molecular complexity index is 832. The van der Waals surface area contributed by atoms with E-state index in [1.807, 2.05) is 6.08 Å². The van der Waals surface area contributed by atoms with Gasteiger partial charge >= 0.3 is 5.97 Å². The van der Waals surface area contributed by atoms with Gasteiger partial charge in [0.15, 0.2) is 0 Å². The Morgan fingerprint density at radius 3 is 1.21 bits per heavy atom. The smallest absolute Gasteiger partial charge is 0.305 e. The van der Waals surface area contributed by atoms with Gasteiger partial charge in [0.25, 0.3) is 0 Å². The van der Waals surface area contributed by atoms with E-state index in [0.29, 0.717) is 19.4 Å². The second-order valence-electron chi connectivity index (χ2n) is 17.2. The van der Waals surface area contributed by atoms with Crippen molar-refractivity contribution < 1.29 is 24.5 Å². The number of unbranched alkanes of at least 4 members (excludes halogenated alkanes) is 35. The summed E-state index contributed by atoms with van der Waals surface area (Å²) in [4.78, 5) is 24.4. The summed E-state index contributed by atoms with van der Waals surface area (Å²) in [6.07, 6.45) is 52.0. The Balaban J connectivity index is 3.54. The number of carbonyl (C=O) groups excluding carboxylic acids is 2. The van der Waals surface area contributed by atoms with E-state index in [1.54, 1.807) is 6.08 Å². The lowest BCUT2D eigenvalue weighted by Gasteiger charge is -2.20. The third kappa shape index (κ3) is 42.2. The van der Waals surface area contributed by atoms with E-state index in [2.05, 4.69) is 19.2 Å². The van der Waals surface area contributed by atoms with E-state index in [-0.39, 0.29) is 18.5 Å². The zero-order valence-corrected chi connectivity index (χ0v) is 37.6. The van der Waals surface area contributed by atoms with Crippen LogP contribution in [0.15, 0.2) is 12.2 Å². The number of hydrogen-bond acceptors (Lipinski definition) is 5. The van der Waals surface area contributed by atoms with Crippen molar-refractivity contribution in [1.29, 1.82) is 0 Å². The van der Waals surface area contributed by atoms with Gasteiger partial charge in [0.05, 0.1) is 25.4 Å². The SMILES string of the molecule is CCCCCCCCCCCCCCCCCCC/C=C/C(O)C(CO)NC(=O)CCCCCCCCCCCOC(=O)CCCCCCCCCCCCC. The minimum absolute atomic E-state index is 0.0273. The third-order valence-corrected chi connectivity index (χ3v) is 11.6. The van der Waals surface area contributed by atoms with Crippen molar-refractivity contribution in [3.05, 3.63) is 12.2 Å². The van der Waals surface area contributed by atoms with E-state index in [9.17, 15) is 19.8 Å². The number of rotatable bonds is 46. The molecule has 6 nitrogen and oxygen atoms in total. The van der Waals surface area contributed by atoms with Gasteiger partial charge in [0.2, 0.25) is 5.91 Å². The Morgan fingerprint density at radius 2 is 0.821 bits per heavy atom. The molecule has 0 bridgehead atoms. The van der Waals surface area contributed by atoms with E-state index >= 15 is 0 Å². The molecule has 0 rings (SSSR count). The number of nitrogens with one attached hydrogen (secondary N) is 1. The molecule has 6 heteroatoms. The Hall–Kier alpha value is -1.40. The highest BCUT2D eigenvalue weighted by Crippen LogP contribution is 2.16. The first-order chi connectivity index (χ1) is 27.5. The maximum atomic E-state index is 12.4. The topological polar surface area (TPSA) is 95.9 Å². The monoisotopic (exact) mass is 792 g/mol. The van der Waals surface area contributed by atoms with E-state index in [4.69, 9.17) is 4.74 Å². The summed E-state index contributed by atoms with van der Waals surface area (Å²) in [7, 11) is 0. The summed E-state index contributed by atoms with van der Waals surface area (Å²) in [5.41, 5.74) is 0. The van der Waals surface area contributed by atoms with Crippen LogP contribution in [-0.4, -0.2) is 47.4 Å². The van der Waals surface area contributed by atoms with Crippen LogP contribution in [-0.2, 0) is 14.3 Å². The van der Waals surface area contributed by atoms with E-state index in [0.717, 1.165) is 57.8 Å². The van der Waals surface area contributed by atoms with Crippen LogP contribution < -0.4 is 5.32 Å². The molecule has 0 heterocycles. The van der Waals surface area contributed by atoms with Crippen molar-refractivity contribution in [3.63, 3.8) is 0 Å². The Morgan fingerprint density at radius 1 is 0.482 bits per heavy atom. The lowest BCUT2D eigenvalue weighted by atomic mass is 10.0. The second-order valence-corrected chi connectivity index (χ2v) is 17.2. The van der Waals surface area contributed by atoms with Crippen LogP contribution in [0.1, 0.15) is 271 Å². The predicted molar refractivity (Wildman–Crippen MR) is 241 cm³/mol. The zero-order chi connectivity index (χ0) is 40.8. The van der Waals surface area contributed by atoms with Crippen molar-refractivity contribution in [2.45, 2.75) is 283 Å². The van der Waals surface area contributed by atoms with Crippen molar-refractivity contribution >= 4 is 11.9 Å². The molecule has 0 aliphatic heterocycles. The molecule has 0 aliphatic rings. The molecule has 56 heavy (non-hydrogen) atoms. The predicted octanol–water partition coefficient (Wildman–Crippen LogP) is 14.6. The van der Waals surface area contributed by atoms with Gasteiger partial charge < -0.3 is 20.3 Å². The van der Waals surface area contributed by atoms with Gasteiger partial charge in [-0.05, 0) is 32.1 Å². The number of ether oxygens (including phenoxy) is 1. The standard InChI is InChI=1S/C50H97NO5/c1-3-5-7-9-11-13-15-16-17-18-19-20-21-22-24-26-30-34-38-42-48(53)47(46-52)51-49(54)43-39-35-31-27-25-29-33-37-41-45-56-50(55)44-40-36-32-28-23-14-12-10-8-6-4-2/h38,42,47-48,52-53H,3-37,39-41,43-46H2,1-2H3,(H,51,54)/b42-38+. The lowest BCUT2D eigenvalue weighted by Crippen LogP contribution is -2.45. The quantitative estimate of drug-likeness (QED) is 0.0324. The van der Waals surface area contributed by atoms with E-state index in [1.165, 1.54) is 186 Å². The fourth-order valence-corrected chi connectivity index (χ4v) is 7.69. The second kappa shape index (κ2) is 46.3. The Labute approximate surface area is 349 Å². The molecule has 0 aliphatic carbocycles. The molecule has 0 spiro atoms. The maximum Gasteiger partial charge on any atom is 0.305 e. The van der Waals surface area contributed by atoms with Crippen molar-refractivity contribution in [2.75, 3.05) is 13.2 Å². The zero-order valence-electron chi connectivity index (χ0n) is 37.6. The summed E-state index contributed by atoms with van der Waals surface area (Å²) in [5, 5.41) is 23.1. The third-order valence-electron chi connectivity index (χ3n) is 11.6. The summed E-state index contributed by atoms with van der Waals surface area (Å²) in [6, 6.07) is -0.646. The molecule has 0 saturated carbocycles. The average molecular weight is 792 g/mol. The number of esters is 1. The molecule has 1 amide bonds. The molecular weight excluding hydrogens is 695 g/mol. The number of aliphatic hydroxyl groups excluding tert-OH is 2. The molecule has 332 valence electrons. The number of hydrogen-bond donors (Lipinski definition) is 3. The van der Waals surface area contributed by atoms with Gasteiger partial charge in [-0.15, -0.1) is 0 Å². The highest BCUT2D eigenvalue weighted by molar-refractivity contribution is 5.76. The molecule has 2 unspecified atom stereocenters. The van der Waals surface area contributed by atoms with Crippen LogP contribution in [0.4, 0.5) is 0 Å². The first-order valence-corrected chi connectivity index (χ1v) is 25.0. The van der Waals surface area contributed by atoms with E-state index < -0.39 is 12.1 Å².